The van der Waals surface area contributed by atoms with Crippen LogP contribution in [0.5, 0.6) is 5.75 Å². The monoisotopic (exact) mass is 402 g/mol. The maximum absolute atomic E-state index is 13.3. The zero-order chi connectivity index (χ0) is 21.0. The molecule has 2 aromatic carbocycles. The molecule has 7 heteroatoms. The molecule has 30 heavy (non-hydrogen) atoms. The molecule has 1 unspecified atom stereocenters. The number of hydrogen-bond donors (Lipinski definition) is 2. The van der Waals surface area contributed by atoms with Crippen molar-refractivity contribution >= 4 is 23.3 Å². The molecule has 1 spiro atoms. The SMILES string of the molecule is COc1ccc(-n2ncc3c2NC(=O)CC32C(=O)Nc3ccc(C(C)C)cc32)cc1. The Bertz CT molecular complexity index is 1180. The summed E-state index contributed by atoms with van der Waals surface area (Å²) in [6.07, 6.45) is 1.74. The average molecular weight is 402 g/mol. The van der Waals surface area contributed by atoms with E-state index in [2.05, 4.69) is 29.6 Å². The van der Waals surface area contributed by atoms with Gasteiger partial charge in [-0.1, -0.05) is 26.0 Å². The van der Waals surface area contributed by atoms with E-state index < -0.39 is 5.41 Å². The predicted molar refractivity (Wildman–Crippen MR) is 113 cm³/mol. The van der Waals surface area contributed by atoms with E-state index in [9.17, 15) is 9.59 Å². The minimum absolute atomic E-state index is 0.0503. The third-order valence-electron chi connectivity index (χ3n) is 6.04. The molecule has 0 saturated heterocycles. The van der Waals surface area contributed by atoms with Gasteiger partial charge < -0.3 is 15.4 Å². The normalized spacial score (nSPS) is 19.5. The number of nitrogens with one attached hydrogen (secondary N) is 2. The Morgan fingerprint density at radius 2 is 1.83 bits per heavy atom. The Morgan fingerprint density at radius 3 is 2.53 bits per heavy atom. The van der Waals surface area contributed by atoms with Crippen LogP contribution in [-0.2, 0) is 15.0 Å². The van der Waals surface area contributed by atoms with Crippen molar-refractivity contribution in [3.63, 3.8) is 0 Å². The van der Waals surface area contributed by atoms with Crippen LogP contribution in [0.2, 0.25) is 0 Å². The molecule has 2 amide bonds. The molecule has 2 N–H and O–H groups in total. The zero-order valence-electron chi connectivity index (χ0n) is 17.0. The molecule has 0 fully saturated rings. The number of rotatable bonds is 3. The maximum atomic E-state index is 13.3. The molecule has 1 aromatic heterocycles. The van der Waals surface area contributed by atoms with Gasteiger partial charge in [0.1, 0.15) is 17.0 Å². The largest absolute Gasteiger partial charge is 0.497 e. The third-order valence-corrected chi connectivity index (χ3v) is 6.04. The van der Waals surface area contributed by atoms with Gasteiger partial charge in [-0.2, -0.15) is 5.10 Å². The summed E-state index contributed by atoms with van der Waals surface area (Å²) < 4.78 is 6.88. The lowest BCUT2D eigenvalue weighted by atomic mass is 9.71. The van der Waals surface area contributed by atoms with Crippen molar-refractivity contribution in [2.24, 2.45) is 0 Å². The third kappa shape index (κ3) is 2.48. The quantitative estimate of drug-likeness (QED) is 0.701. The molecule has 2 aliphatic rings. The van der Waals surface area contributed by atoms with Gasteiger partial charge in [0, 0.05) is 17.7 Å². The fourth-order valence-electron chi connectivity index (χ4n) is 4.39. The Morgan fingerprint density at radius 1 is 1.07 bits per heavy atom. The van der Waals surface area contributed by atoms with Crippen LogP contribution in [0.3, 0.4) is 0 Å². The van der Waals surface area contributed by atoms with E-state index in [4.69, 9.17) is 4.74 Å². The Labute approximate surface area is 174 Å². The molecule has 0 aliphatic carbocycles. The van der Waals surface area contributed by atoms with E-state index in [1.54, 1.807) is 18.0 Å². The van der Waals surface area contributed by atoms with Gasteiger partial charge in [0.2, 0.25) is 11.8 Å². The molecule has 0 bridgehead atoms. The minimum Gasteiger partial charge on any atom is -0.497 e. The van der Waals surface area contributed by atoms with E-state index in [0.717, 1.165) is 28.3 Å². The van der Waals surface area contributed by atoms with Crippen LogP contribution in [0, 0.1) is 0 Å². The number of amides is 2. The van der Waals surface area contributed by atoms with Gasteiger partial charge in [-0.3, -0.25) is 9.59 Å². The summed E-state index contributed by atoms with van der Waals surface area (Å²) in [5.74, 6) is 1.15. The average Bonchev–Trinajstić information content (AvgIpc) is 3.27. The van der Waals surface area contributed by atoms with Gasteiger partial charge in [-0.25, -0.2) is 4.68 Å². The first-order valence-corrected chi connectivity index (χ1v) is 9.92. The molecular weight excluding hydrogens is 380 g/mol. The summed E-state index contributed by atoms with van der Waals surface area (Å²) in [4.78, 5) is 26.1. The predicted octanol–water partition coefficient (Wildman–Crippen LogP) is 3.58. The molecule has 7 nitrogen and oxygen atoms in total. The molecule has 3 aromatic rings. The highest BCUT2D eigenvalue weighted by Gasteiger charge is 2.54. The minimum atomic E-state index is -1.08. The second-order valence-corrected chi connectivity index (χ2v) is 8.06. The number of ether oxygens (including phenoxy) is 1. The topological polar surface area (TPSA) is 85.2 Å². The fraction of sp³-hybridized carbons (Fsp3) is 0.261. The van der Waals surface area contributed by atoms with Crippen LogP contribution in [0.15, 0.2) is 48.7 Å². The van der Waals surface area contributed by atoms with Crippen molar-refractivity contribution in [2.45, 2.75) is 31.6 Å². The molecule has 2 aliphatic heterocycles. The fourth-order valence-corrected chi connectivity index (χ4v) is 4.39. The van der Waals surface area contributed by atoms with Crippen LogP contribution in [-0.4, -0.2) is 28.7 Å². The molecule has 5 rings (SSSR count). The van der Waals surface area contributed by atoms with E-state index in [1.807, 2.05) is 42.5 Å². The molecule has 152 valence electrons. The van der Waals surface area contributed by atoms with E-state index >= 15 is 0 Å². The molecule has 3 heterocycles. The van der Waals surface area contributed by atoms with E-state index in [1.165, 1.54) is 0 Å². The number of carbonyl (C=O) groups is 2. The second-order valence-electron chi connectivity index (χ2n) is 8.06. The van der Waals surface area contributed by atoms with E-state index in [0.29, 0.717) is 17.3 Å². The summed E-state index contributed by atoms with van der Waals surface area (Å²) in [5, 5.41) is 10.4. The van der Waals surface area contributed by atoms with Crippen LogP contribution < -0.4 is 15.4 Å². The van der Waals surface area contributed by atoms with Crippen molar-refractivity contribution in [1.82, 2.24) is 9.78 Å². The van der Waals surface area contributed by atoms with Crippen molar-refractivity contribution in [3.8, 4) is 11.4 Å². The van der Waals surface area contributed by atoms with E-state index in [-0.39, 0.29) is 18.2 Å². The molecular formula is C23H22N4O3. The van der Waals surface area contributed by atoms with Crippen LogP contribution in [0.25, 0.3) is 5.69 Å². The standard InChI is InChI=1S/C23H22N4O3/c1-13(2)14-4-9-19-17(10-14)23(22(29)25-19)11-20(28)26-21-18(23)12-24-27(21)15-5-7-16(30-3)8-6-15/h4-10,12-13H,11H2,1-3H3,(H,25,29)(H,26,28). The Kier molecular flexibility index (Phi) is 3.96. The lowest BCUT2D eigenvalue weighted by molar-refractivity contribution is -0.125. The number of aromatic nitrogens is 2. The summed E-state index contributed by atoms with van der Waals surface area (Å²) in [6.45, 7) is 4.22. The van der Waals surface area contributed by atoms with Crippen molar-refractivity contribution < 1.29 is 14.3 Å². The lowest BCUT2D eigenvalue weighted by Gasteiger charge is -2.32. The highest BCUT2D eigenvalue weighted by Crippen LogP contribution is 2.50. The number of hydrogen-bond acceptors (Lipinski definition) is 4. The molecule has 0 saturated carbocycles. The highest BCUT2D eigenvalue weighted by molar-refractivity contribution is 6.14. The zero-order valence-corrected chi connectivity index (χ0v) is 17.0. The molecule has 0 radical (unpaired) electrons. The van der Waals surface area contributed by atoms with Gasteiger partial charge in [-0.15, -0.1) is 0 Å². The molecule has 1 atom stereocenters. The van der Waals surface area contributed by atoms with Gasteiger partial charge in [0.05, 0.1) is 19.0 Å². The summed E-state index contributed by atoms with van der Waals surface area (Å²) in [6, 6.07) is 13.4. The summed E-state index contributed by atoms with van der Waals surface area (Å²) >= 11 is 0. The van der Waals surface area contributed by atoms with Gasteiger partial charge in [0.25, 0.3) is 0 Å². The van der Waals surface area contributed by atoms with Crippen LogP contribution in [0.1, 0.15) is 42.9 Å². The van der Waals surface area contributed by atoms with Crippen molar-refractivity contribution in [3.05, 3.63) is 65.4 Å². The summed E-state index contributed by atoms with van der Waals surface area (Å²) in [5.41, 5.74) is 3.10. The van der Waals surface area contributed by atoms with Gasteiger partial charge in [-0.05, 0) is 47.4 Å². The smallest absolute Gasteiger partial charge is 0.240 e. The van der Waals surface area contributed by atoms with Crippen molar-refractivity contribution in [1.29, 1.82) is 0 Å². The summed E-state index contributed by atoms with van der Waals surface area (Å²) in [7, 11) is 1.61. The number of benzene rings is 2. The Balaban J connectivity index is 1.71. The second kappa shape index (κ2) is 6.45. The number of methoxy groups -OCH3 is 1. The van der Waals surface area contributed by atoms with Gasteiger partial charge in [0.15, 0.2) is 0 Å². The van der Waals surface area contributed by atoms with Crippen molar-refractivity contribution in [2.75, 3.05) is 17.7 Å². The first-order chi connectivity index (χ1) is 14.4. The van der Waals surface area contributed by atoms with Crippen LogP contribution in [0.4, 0.5) is 11.5 Å². The number of carbonyl (C=O) groups excluding carboxylic acids is 2. The Hall–Kier alpha value is -3.61. The van der Waals surface area contributed by atoms with Crippen LogP contribution >= 0.6 is 0 Å². The van der Waals surface area contributed by atoms with Gasteiger partial charge >= 0.3 is 0 Å². The highest BCUT2D eigenvalue weighted by atomic mass is 16.5. The maximum Gasteiger partial charge on any atom is 0.240 e. The first kappa shape index (κ1) is 18.4. The number of nitrogens with zero attached hydrogens (tertiary/aromatic N) is 2. The number of fused-ring (bicyclic) bond motifs is 4. The number of anilines is 2. The first-order valence-electron chi connectivity index (χ1n) is 9.92. The lowest BCUT2D eigenvalue weighted by Crippen LogP contribution is -2.43.